The van der Waals surface area contributed by atoms with E-state index < -0.39 is 5.82 Å². The Morgan fingerprint density at radius 2 is 2.14 bits per heavy atom. The molecule has 150 valence electrons. The van der Waals surface area contributed by atoms with Crippen LogP contribution in [-0.2, 0) is 17.9 Å². The lowest BCUT2D eigenvalue weighted by molar-refractivity contribution is -0.113. The van der Waals surface area contributed by atoms with Crippen molar-refractivity contribution in [1.29, 1.82) is 0 Å². The Kier molecular flexibility index (Phi) is 7.20. The van der Waals surface area contributed by atoms with Crippen LogP contribution in [0.4, 0.5) is 10.1 Å². The van der Waals surface area contributed by atoms with Gasteiger partial charge in [-0.25, -0.2) is 9.37 Å². The molecule has 29 heavy (non-hydrogen) atoms. The number of aromatic nitrogens is 4. The van der Waals surface area contributed by atoms with Gasteiger partial charge < -0.3 is 10.1 Å². The first-order valence-electron chi connectivity index (χ1n) is 8.52. The van der Waals surface area contributed by atoms with Crippen molar-refractivity contribution >= 4 is 35.0 Å². The Labute approximate surface area is 176 Å². The molecule has 0 fully saturated rings. The van der Waals surface area contributed by atoms with Crippen LogP contribution < -0.4 is 10.1 Å². The second-order valence-corrected chi connectivity index (χ2v) is 7.00. The smallest absolute Gasteiger partial charge is 0.234 e. The van der Waals surface area contributed by atoms with Crippen LogP contribution in [0.3, 0.4) is 0 Å². The lowest BCUT2D eigenvalue weighted by Gasteiger charge is -2.10. The third-order valence-corrected chi connectivity index (χ3v) is 4.93. The Morgan fingerprint density at radius 3 is 2.90 bits per heavy atom. The van der Waals surface area contributed by atoms with Crippen LogP contribution in [-0.4, -0.2) is 31.4 Å². The van der Waals surface area contributed by atoms with Crippen molar-refractivity contribution in [1.82, 2.24) is 19.7 Å². The summed E-state index contributed by atoms with van der Waals surface area (Å²) in [4.78, 5) is 16.1. The van der Waals surface area contributed by atoms with Gasteiger partial charge >= 0.3 is 0 Å². The maximum atomic E-state index is 13.7. The molecule has 1 N–H and O–H groups in total. The highest BCUT2D eigenvalue weighted by Gasteiger charge is 2.15. The van der Waals surface area contributed by atoms with Gasteiger partial charge in [-0.3, -0.25) is 9.36 Å². The highest BCUT2D eigenvalue weighted by atomic mass is 35.5. The first-order valence-corrected chi connectivity index (χ1v) is 9.88. The first kappa shape index (κ1) is 20.8. The maximum Gasteiger partial charge on any atom is 0.234 e. The normalized spacial score (nSPS) is 10.6. The molecule has 3 rings (SSSR count). The first-order chi connectivity index (χ1) is 14.1. The van der Waals surface area contributed by atoms with Crippen molar-refractivity contribution in [3.8, 4) is 5.75 Å². The summed E-state index contributed by atoms with van der Waals surface area (Å²) in [6.07, 6.45) is 3.21. The number of allylic oxidation sites excluding steroid dienone is 1. The van der Waals surface area contributed by atoms with Gasteiger partial charge in [0.15, 0.2) is 27.7 Å². The fourth-order valence-corrected chi connectivity index (χ4v) is 3.28. The number of anilines is 1. The van der Waals surface area contributed by atoms with E-state index in [2.05, 4.69) is 27.1 Å². The van der Waals surface area contributed by atoms with E-state index in [1.165, 1.54) is 30.1 Å². The SMILES string of the molecule is C=CCn1c(COc2ccccc2F)nnc1SCC(=O)Nc1cccnc1Cl. The highest BCUT2D eigenvalue weighted by molar-refractivity contribution is 7.99. The van der Waals surface area contributed by atoms with E-state index in [0.29, 0.717) is 23.2 Å². The summed E-state index contributed by atoms with van der Waals surface area (Å²) < 4.78 is 21.0. The summed E-state index contributed by atoms with van der Waals surface area (Å²) >= 11 is 7.14. The second-order valence-electron chi connectivity index (χ2n) is 5.70. The molecule has 10 heteroatoms. The molecule has 0 saturated heterocycles. The molecule has 0 aliphatic heterocycles. The lowest BCUT2D eigenvalue weighted by Crippen LogP contribution is -2.15. The molecular formula is C19H17ClFN5O2S. The number of benzene rings is 1. The van der Waals surface area contributed by atoms with Gasteiger partial charge in [0.25, 0.3) is 0 Å². The van der Waals surface area contributed by atoms with Crippen LogP contribution in [0.1, 0.15) is 5.82 Å². The van der Waals surface area contributed by atoms with E-state index in [4.69, 9.17) is 16.3 Å². The monoisotopic (exact) mass is 433 g/mol. The van der Waals surface area contributed by atoms with E-state index in [0.717, 1.165) is 0 Å². The largest absolute Gasteiger partial charge is 0.483 e. The van der Waals surface area contributed by atoms with Gasteiger partial charge in [-0.2, -0.15) is 0 Å². The van der Waals surface area contributed by atoms with E-state index in [-0.39, 0.29) is 29.2 Å². The number of halogens is 2. The Morgan fingerprint density at radius 1 is 1.31 bits per heavy atom. The predicted molar refractivity (Wildman–Crippen MR) is 110 cm³/mol. The minimum Gasteiger partial charge on any atom is -0.483 e. The van der Waals surface area contributed by atoms with Crippen LogP contribution >= 0.6 is 23.4 Å². The Balaban J connectivity index is 1.63. The number of hydrogen-bond acceptors (Lipinski definition) is 6. The van der Waals surface area contributed by atoms with Crippen LogP contribution in [0.5, 0.6) is 5.75 Å². The van der Waals surface area contributed by atoms with E-state index >= 15 is 0 Å². The van der Waals surface area contributed by atoms with Gasteiger partial charge in [-0.15, -0.1) is 16.8 Å². The minimum atomic E-state index is -0.456. The number of pyridine rings is 1. The third-order valence-electron chi connectivity index (χ3n) is 3.66. The quantitative estimate of drug-likeness (QED) is 0.312. The average Bonchev–Trinajstić information content (AvgIpc) is 3.09. The number of carbonyl (C=O) groups is 1. The number of rotatable bonds is 9. The number of carbonyl (C=O) groups excluding carboxylic acids is 1. The zero-order valence-corrected chi connectivity index (χ0v) is 16.8. The van der Waals surface area contributed by atoms with Crippen LogP contribution in [0, 0.1) is 5.82 Å². The topological polar surface area (TPSA) is 81.9 Å². The summed E-state index contributed by atoms with van der Waals surface area (Å²) in [7, 11) is 0. The summed E-state index contributed by atoms with van der Waals surface area (Å²) in [5, 5.41) is 11.6. The van der Waals surface area contributed by atoms with Crippen LogP contribution in [0.25, 0.3) is 0 Å². The van der Waals surface area contributed by atoms with Crippen molar-refractivity contribution in [3.63, 3.8) is 0 Å². The van der Waals surface area contributed by atoms with Crippen molar-refractivity contribution in [2.24, 2.45) is 0 Å². The molecule has 1 aromatic carbocycles. The van der Waals surface area contributed by atoms with Crippen molar-refractivity contribution in [2.75, 3.05) is 11.1 Å². The van der Waals surface area contributed by atoms with E-state index in [9.17, 15) is 9.18 Å². The van der Waals surface area contributed by atoms with Gasteiger partial charge in [0.2, 0.25) is 5.91 Å². The highest BCUT2D eigenvalue weighted by Crippen LogP contribution is 2.22. The Hall–Kier alpha value is -2.91. The molecule has 0 atom stereocenters. The molecule has 0 bridgehead atoms. The lowest BCUT2D eigenvalue weighted by atomic mass is 10.3. The van der Waals surface area contributed by atoms with E-state index in [1.54, 1.807) is 34.9 Å². The maximum absolute atomic E-state index is 13.7. The fourth-order valence-electron chi connectivity index (χ4n) is 2.34. The molecule has 3 aromatic rings. The number of ether oxygens (including phenoxy) is 1. The molecular weight excluding hydrogens is 417 g/mol. The summed E-state index contributed by atoms with van der Waals surface area (Å²) in [5.74, 6) is -0.00642. The number of amides is 1. The molecule has 0 radical (unpaired) electrons. The number of nitrogens with zero attached hydrogens (tertiary/aromatic N) is 4. The molecule has 7 nitrogen and oxygen atoms in total. The van der Waals surface area contributed by atoms with E-state index in [1.807, 2.05) is 0 Å². The molecule has 0 spiro atoms. The van der Waals surface area contributed by atoms with Crippen molar-refractivity contribution in [3.05, 3.63) is 72.0 Å². The summed E-state index contributed by atoms with van der Waals surface area (Å²) in [6, 6.07) is 9.46. The van der Waals surface area contributed by atoms with Gasteiger partial charge in [0.1, 0.15) is 6.61 Å². The van der Waals surface area contributed by atoms with Gasteiger partial charge in [0.05, 0.1) is 11.4 Å². The molecule has 1 amide bonds. The summed E-state index contributed by atoms with van der Waals surface area (Å²) in [6.45, 7) is 4.17. The van der Waals surface area contributed by atoms with Crippen LogP contribution in [0.15, 0.2) is 60.4 Å². The number of hydrogen-bond donors (Lipinski definition) is 1. The van der Waals surface area contributed by atoms with Crippen molar-refractivity contribution < 1.29 is 13.9 Å². The second kappa shape index (κ2) is 10.0. The number of thioether (sulfide) groups is 1. The standard InChI is InChI=1S/C19H17ClFN5O2S/c1-2-10-26-16(11-28-15-8-4-3-6-13(15)21)24-25-19(26)29-12-17(27)23-14-7-5-9-22-18(14)20/h2-9H,1,10-12H2,(H,23,27). The molecule has 2 aromatic heterocycles. The molecule has 0 aliphatic rings. The average molecular weight is 434 g/mol. The Bertz CT molecular complexity index is 1010. The number of para-hydroxylation sites is 1. The van der Waals surface area contributed by atoms with Gasteiger partial charge in [-0.05, 0) is 24.3 Å². The van der Waals surface area contributed by atoms with Gasteiger partial charge in [-0.1, -0.05) is 41.6 Å². The molecule has 0 unspecified atom stereocenters. The summed E-state index contributed by atoms with van der Waals surface area (Å²) in [5.41, 5.74) is 0.436. The minimum absolute atomic E-state index is 0.0276. The third kappa shape index (κ3) is 5.55. The van der Waals surface area contributed by atoms with Crippen molar-refractivity contribution in [2.45, 2.75) is 18.3 Å². The predicted octanol–water partition coefficient (Wildman–Crippen LogP) is 3.96. The molecule has 0 saturated carbocycles. The number of nitrogens with one attached hydrogen (secondary N) is 1. The molecule has 2 heterocycles. The zero-order chi connectivity index (χ0) is 20.6. The van der Waals surface area contributed by atoms with Crippen LogP contribution in [0.2, 0.25) is 5.15 Å². The van der Waals surface area contributed by atoms with Gasteiger partial charge in [0, 0.05) is 12.7 Å². The fraction of sp³-hybridized carbons (Fsp3) is 0.158. The molecule has 0 aliphatic carbocycles. The zero-order valence-electron chi connectivity index (χ0n) is 15.2.